The molecule has 2 aliphatic carbocycles. The molecule has 0 nitrogen and oxygen atoms in total. The van der Waals surface area contributed by atoms with Crippen LogP contribution in [0, 0.1) is 6.07 Å². The first kappa shape index (κ1) is 27.8. The maximum atomic E-state index is 3.48. The van der Waals surface area contributed by atoms with E-state index in [-0.39, 0.29) is 30.2 Å². The van der Waals surface area contributed by atoms with Crippen molar-refractivity contribution in [2.75, 3.05) is 0 Å². The zero-order chi connectivity index (χ0) is 22.9. The second kappa shape index (κ2) is 11.9. The topological polar surface area (TPSA) is 0 Å². The van der Waals surface area contributed by atoms with E-state index < -0.39 is 0 Å². The zero-order valence-electron chi connectivity index (χ0n) is 20.1. The van der Waals surface area contributed by atoms with Gasteiger partial charge in [0.15, 0.2) is 0 Å². The molecular weight excluding hydrogens is 563 g/mol. The molecule has 7 rings (SSSR count). The van der Waals surface area contributed by atoms with E-state index >= 15 is 0 Å². The van der Waals surface area contributed by atoms with Crippen molar-refractivity contribution in [3.8, 4) is 22.3 Å². The van der Waals surface area contributed by atoms with E-state index in [1.165, 1.54) is 60.5 Å². The molecule has 0 saturated carbocycles. The quantitative estimate of drug-likeness (QED) is 0.189. The molecule has 0 aromatic heterocycles. The predicted octanol–water partition coefficient (Wildman–Crippen LogP) is 2.60. The van der Waals surface area contributed by atoms with Crippen molar-refractivity contribution in [1.82, 2.24) is 0 Å². The number of rotatable bonds is 0. The molecule has 0 bridgehead atoms. The van der Waals surface area contributed by atoms with Crippen LogP contribution in [0.2, 0.25) is 13.1 Å². The van der Waals surface area contributed by atoms with Crippen molar-refractivity contribution in [1.29, 1.82) is 0 Å². The molecule has 174 valence electrons. The van der Waals surface area contributed by atoms with Crippen molar-refractivity contribution >= 4 is 33.1 Å². The second-order valence-electron chi connectivity index (χ2n) is 9.00. The van der Waals surface area contributed by atoms with Crippen LogP contribution in [0.1, 0.15) is 18.1 Å². The van der Waals surface area contributed by atoms with E-state index in [4.69, 9.17) is 0 Å². The molecule has 5 aromatic rings. The van der Waals surface area contributed by atoms with E-state index in [9.17, 15) is 0 Å². The molecule has 4 heteroatoms. The molecule has 35 heavy (non-hydrogen) atoms. The molecule has 0 spiro atoms. The summed E-state index contributed by atoms with van der Waals surface area (Å²) in [5.41, 5.74) is 9.97. The average Bonchev–Trinajstić information content (AvgIpc) is 3.50. The van der Waals surface area contributed by atoms with Crippen LogP contribution in [-0.2, 0) is 29.8 Å². The van der Waals surface area contributed by atoms with Gasteiger partial charge in [0.05, 0.1) is 0 Å². The van der Waals surface area contributed by atoms with Gasteiger partial charge in [-0.25, -0.2) is 0 Å². The molecule has 0 unspecified atom stereocenters. The molecule has 0 amide bonds. The van der Waals surface area contributed by atoms with Crippen LogP contribution in [0.15, 0.2) is 90.5 Å². The fraction of sp³-hybridized carbons (Fsp3) is 0.129. The maximum absolute atomic E-state index is 3.48. The SMILES string of the molecule is CC1=Cc2[c-]cc3c(c2C1)-c1cccc2cccc-3c12.C[Si](C)=[Zr+2].[Cl-].[Cl-].c1ccc2[cH-]ccc2c1. The Labute approximate surface area is 236 Å². The summed E-state index contributed by atoms with van der Waals surface area (Å²) in [4.78, 5) is 0. The standard InChI is InChI=1S/C20H13.C9H7.C2H6Si.2ClH.Zr/c1-12-10-14-8-9-16-15-6-2-4-13-5-3-7-17(19(13)15)20(16)18(14)11-12;1-2-5-9-7-3-6-8(9)4-1;1-3-2;;;/h2-7,9-10H,11H2,1H3;1-7H;1-2H3;2*1H;/q2*-1;;;;+2/p-2. The van der Waals surface area contributed by atoms with Gasteiger partial charge in [-0.1, -0.05) is 66.1 Å². The van der Waals surface area contributed by atoms with Crippen LogP contribution in [0.25, 0.3) is 49.9 Å². The first-order chi connectivity index (χ1) is 16.0. The van der Waals surface area contributed by atoms with E-state index in [0.717, 1.165) is 6.42 Å². The van der Waals surface area contributed by atoms with Crippen molar-refractivity contribution in [3.63, 3.8) is 0 Å². The van der Waals surface area contributed by atoms with Crippen molar-refractivity contribution in [2.45, 2.75) is 26.4 Å². The molecule has 0 N–H and O–H groups in total. The van der Waals surface area contributed by atoms with Gasteiger partial charge in [0, 0.05) is 0 Å². The molecule has 0 aliphatic heterocycles. The minimum absolute atomic E-state index is 0. The Balaban J connectivity index is 0.000000193. The minimum atomic E-state index is 0. The van der Waals surface area contributed by atoms with Gasteiger partial charge in [0.25, 0.3) is 0 Å². The summed E-state index contributed by atoms with van der Waals surface area (Å²) >= 11 is 1.74. The van der Waals surface area contributed by atoms with E-state index in [1.807, 2.05) is 0 Å². The molecule has 5 aromatic carbocycles. The fourth-order valence-electron chi connectivity index (χ4n) is 4.86. The Morgan fingerprint density at radius 3 is 2.20 bits per heavy atom. The summed E-state index contributed by atoms with van der Waals surface area (Å²) in [7, 11) is 0. The summed E-state index contributed by atoms with van der Waals surface area (Å²) < 4.78 is 0. The van der Waals surface area contributed by atoms with Crippen LogP contribution >= 0.6 is 0 Å². The Morgan fingerprint density at radius 2 is 1.49 bits per heavy atom. The number of hydrogen-bond donors (Lipinski definition) is 0. The fourth-order valence-corrected chi connectivity index (χ4v) is 4.86. The first-order valence-electron chi connectivity index (χ1n) is 11.4. The van der Waals surface area contributed by atoms with Crippen LogP contribution in [0.5, 0.6) is 0 Å². The van der Waals surface area contributed by atoms with Crippen LogP contribution < -0.4 is 24.8 Å². The van der Waals surface area contributed by atoms with Gasteiger partial charge in [-0.3, -0.25) is 0 Å². The van der Waals surface area contributed by atoms with Crippen molar-refractivity contribution in [3.05, 3.63) is 108 Å². The Kier molecular flexibility index (Phi) is 9.47. The summed E-state index contributed by atoms with van der Waals surface area (Å²) in [6.45, 7) is 6.83. The summed E-state index contributed by atoms with van der Waals surface area (Å²) in [6, 6.07) is 33.6. The third-order valence-electron chi connectivity index (χ3n) is 6.13. The smallest absolute Gasteiger partial charge is 0.0809 e. The Morgan fingerprint density at radius 1 is 0.829 bits per heavy atom. The molecule has 0 heterocycles. The van der Waals surface area contributed by atoms with Gasteiger partial charge in [0.2, 0.25) is 0 Å². The summed E-state index contributed by atoms with van der Waals surface area (Å²) in [5.74, 6) is 0. The minimum Gasteiger partial charge on any atom is -1.00 e. The second-order valence-corrected chi connectivity index (χ2v) is 18.4. The summed E-state index contributed by atoms with van der Waals surface area (Å²) in [5, 5.41) is 5.42. The van der Waals surface area contributed by atoms with Gasteiger partial charge in [-0.2, -0.15) is 17.5 Å². The number of halogens is 2. The van der Waals surface area contributed by atoms with E-state index in [2.05, 4.69) is 117 Å². The average molecular weight is 589 g/mol. The van der Waals surface area contributed by atoms with Gasteiger partial charge in [0.1, 0.15) is 0 Å². The van der Waals surface area contributed by atoms with Gasteiger partial charge >= 0.3 is 41.9 Å². The molecule has 0 saturated heterocycles. The van der Waals surface area contributed by atoms with Gasteiger partial charge < -0.3 is 24.8 Å². The molecule has 0 fully saturated rings. The van der Waals surface area contributed by atoms with Crippen molar-refractivity contribution in [2.24, 2.45) is 0 Å². The van der Waals surface area contributed by atoms with E-state index in [0.29, 0.717) is 0 Å². The van der Waals surface area contributed by atoms with Crippen LogP contribution in [0.4, 0.5) is 0 Å². The predicted molar refractivity (Wildman–Crippen MR) is 142 cm³/mol. The van der Waals surface area contributed by atoms with E-state index in [1.54, 1.807) is 23.3 Å². The third-order valence-corrected chi connectivity index (χ3v) is 6.13. The van der Waals surface area contributed by atoms with Gasteiger partial charge in [-0.15, -0.1) is 64.6 Å². The normalized spacial score (nSPS) is 11.6. The van der Waals surface area contributed by atoms with Crippen LogP contribution in [0.3, 0.4) is 0 Å². The number of allylic oxidation sites excluding steroid dienone is 1. The molecule has 0 radical (unpaired) electrons. The maximum Gasteiger partial charge on any atom is -0.0809 e. The molecule has 2 aliphatic rings. The van der Waals surface area contributed by atoms with Crippen LogP contribution in [-0.4, -0.2) is 5.43 Å². The van der Waals surface area contributed by atoms with Crippen molar-refractivity contribution < 1.29 is 48.1 Å². The summed E-state index contributed by atoms with van der Waals surface area (Å²) in [6.07, 6.45) is 3.35. The number of fused-ring (bicyclic) bond motifs is 6. The Hall–Kier alpha value is -1.83. The Bertz CT molecular complexity index is 1510. The molecular formula is C31H26Cl2SiZr-2. The van der Waals surface area contributed by atoms with Gasteiger partial charge in [-0.05, 0) is 22.8 Å². The monoisotopic (exact) mass is 586 g/mol. The number of hydrogen-bond acceptors (Lipinski definition) is 0. The largest absolute Gasteiger partial charge is 1.00 e. The zero-order valence-corrected chi connectivity index (χ0v) is 25.1. The number of benzene rings is 4. The third kappa shape index (κ3) is 5.62. The first-order valence-corrected chi connectivity index (χ1v) is 17.6. The molecule has 0 atom stereocenters.